The number of nitrogens with one attached hydrogen (secondary N) is 2. The number of hydrogen-bond acceptors (Lipinski definition) is 6. The Balaban J connectivity index is 2.58. The summed E-state index contributed by atoms with van der Waals surface area (Å²) in [7, 11) is 2.56. The first-order valence-electron chi connectivity index (χ1n) is 7.24. The van der Waals surface area contributed by atoms with Crippen LogP contribution in [0.2, 0.25) is 0 Å². The highest BCUT2D eigenvalue weighted by atomic mass is 16.5. The number of urea groups is 1. The first kappa shape index (κ1) is 19.1. The largest absolute Gasteiger partial charge is 0.467 e. The third kappa shape index (κ3) is 5.71. The molecule has 0 aliphatic rings. The molecule has 8 nitrogen and oxygen atoms in total. The van der Waals surface area contributed by atoms with Crippen molar-refractivity contribution in [3.63, 3.8) is 0 Å². The van der Waals surface area contributed by atoms with Crippen molar-refractivity contribution in [2.75, 3.05) is 14.2 Å². The lowest BCUT2D eigenvalue weighted by Crippen LogP contribution is -2.48. The summed E-state index contributed by atoms with van der Waals surface area (Å²) < 4.78 is 9.23. The highest BCUT2D eigenvalue weighted by molar-refractivity contribution is 5.91. The highest BCUT2D eigenvalue weighted by Gasteiger charge is 2.24. The Morgan fingerprint density at radius 1 is 1.08 bits per heavy atom. The molecule has 130 valence electrons. The van der Waals surface area contributed by atoms with Gasteiger partial charge in [0, 0.05) is 0 Å². The third-order valence-corrected chi connectivity index (χ3v) is 3.12. The minimum atomic E-state index is -0.760. The fourth-order valence-electron chi connectivity index (χ4n) is 1.79. The lowest BCUT2D eigenvalue weighted by molar-refractivity contribution is -0.143. The average molecular weight is 335 g/mol. The number of benzene rings is 1. The molecule has 0 aliphatic heterocycles. The number of ether oxygens (including phenoxy) is 2. The minimum absolute atomic E-state index is 0.127. The Morgan fingerprint density at radius 3 is 2.21 bits per heavy atom. The molecule has 0 fully saturated rings. The first-order chi connectivity index (χ1) is 11.4. The second-order valence-corrected chi connectivity index (χ2v) is 5.20. The van der Waals surface area contributed by atoms with Gasteiger partial charge in [-0.05, 0) is 23.6 Å². The van der Waals surface area contributed by atoms with E-state index in [9.17, 15) is 14.4 Å². The molecule has 1 aromatic rings. The highest BCUT2D eigenvalue weighted by Crippen LogP contribution is 2.04. The van der Waals surface area contributed by atoms with Crippen molar-refractivity contribution in [1.82, 2.24) is 10.7 Å². The number of rotatable bonds is 6. The molecule has 2 N–H and O–H groups in total. The molecule has 0 unspecified atom stereocenters. The fraction of sp³-hybridized carbons (Fsp3) is 0.375. The molecule has 1 aromatic carbocycles. The summed E-state index contributed by atoms with van der Waals surface area (Å²) in [6.45, 7) is 3.57. The molecule has 0 aliphatic carbocycles. The molecule has 2 amide bonds. The maximum atomic E-state index is 11.7. The zero-order valence-electron chi connectivity index (χ0n) is 14.0. The van der Waals surface area contributed by atoms with E-state index >= 15 is 0 Å². The molecule has 0 saturated carbocycles. The van der Waals surface area contributed by atoms with Crippen LogP contribution < -0.4 is 10.7 Å². The SMILES string of the molecule is COC(=O)c1ccc(/C=N/NC(=O)N[C@H](C(=O)OC)C(C)C)cc1. The Labute approximate surface area is 140 Å². The van der Waals surface area contributed by atoms with Crippen molar-refractivity contribution in [3.05, 3.63) is 35.4 Å². The molecule has 0 spiro atoms. The smallest absolute Gasteiger partial charge is 0.337 e. The average Bonchev–Trinajstić information content (AvgIpc) is 2.58. The van der Waals surface area contributed by atoms with Gasteiger partial charge in [0.2, 0.25) is 0 Å². The van der Waals surface area contributed by atoms with Gasteiger partial charge in [-0.1, -0.05) is 26.0 Å². The molecule has 0 saturated heterocycles. The van der Waals surface area contributed by atoms with E-state index in [0.29, 0.717) is 11.1 Å². The first-order valence-corrected chi connectivity index (χ1v) is 7.24. The Hall–Kier alpha value is -2.90. The number of esters is 2. The summed E-state index contributed by atoms with van der Waals surface area (Å²) >= 11 is 0. The van der Waals surface area contributed by atoms with Crippen LogP contribution in [0.4, 0.5) is 4.79 Å². The van der Waals surface area contributed by atoms with Crippen LogP contribution in [0.25, 0.3) is 0 Å². The van der Waals surface area contributed by atoms with Gasteiger partial charge in [-0.15, -0.1) is 0 Å². The number of carbonyl (C=O) groups excluding carboxylic acids is 3. The van der Waals surface area contributed by atoms with Gasteiger partial charge in [0.05, 0.1) is 26.0 Å². The molecule has 1 atom stereocenters. The lowest BCUT2D eigenvalue weighted by Gasteiger charge is -2.19. The van der Waals surface area contributed by atoms with Crippen molar-refractivity contribution < 1.29 is 23.9 Å². The van der Waals surface area contributed by atoms with Crippen molar-refractivity contribution >= 4 is 24.2 Å². The lowest BCUT2D eigenvalue weighted by atomic mass is 10.1. The van der Waals surface area contributed by atoms with E-state index in [4.69, 9.17) is 0 Å². The van der Waals surface area contributed by atoms with Crippen LogP contribution in [0, 0.1) is 5.92 Å². The predicted octanol–water partition coefficient (Wildman–Crippen LogP) is 1.30. The summed E-state index contributed by atoms with van der Waals surface area (Å²) in [5.41, 5.74) is 3.36. The number of hydrazone groups is 1. The van der Waals surface area contributed by atoms with E-state index in [-0.39, 0.29) is 5.92 Å². The Bertz CT molecular complexity index is 611. The second kappa shape index (κ2) is 9.29. The maximum Gasteiger partial charge on any atom is 0.337 e. The second-order valence-electron chi connectivity index (χ2n) is 5.20. The summed E-state index contributed by atoms with van der Waals surface area (Å²) in [5.74, 6) is -1.08. The summed E-state index contributed by atoms with van der Waals surface area (Å²) in [6, 6.07) is 5.09. The maximum absolute atomic E-state index is 11.7. The number of methoxy groups -OCH3 is 2. The van der Waals surface area contributed by atoms with Gasteiger partial charge in [-0.2, -0.15) is 5.10 Å². The van der Waals surface area contributed by atoms with Gasteiger partial charge < -0.3 is 14.8 Å². The standard InChI is InChI=1S/C16H21N3O5/c1-10(2)13(15(21)24-4)18-16(22)19-17-9-11-5-7-12(8-6-11)14(20)23-3/h5-10,13H,1-4H3,(H2,18,19,22)/b17-9+/t13-/m0/s1. The van der Waals surface area contributed by atoms with E-state index in [2.05, 4.69) is 25.3 Å². The van der Waals surface area contributed by atoms with Gasteiger partial charge in [-0.25, -0.2) is 19.8 Å². The Morgan fingerprint density at radius 2 is 1.71 bits per heavy atom. The van der Waals surface area contributed by atoms with E-state index in [1.807, 2.05) is 0 Å². The van der Waals surface area contributed by atoms with Crippen LogP contribution in [-0.2, 0) is 14.3 Å². The number of hydrogen-bond donors (Lipinski definition) is 2. The van der Waals surface area contributed by atoms with E-state index in [1.165, 1.54) is 20.4 Å². The molecule has 1 rings (SSSR count). The predicted molar refractivity (Wildman–Crippen MR) is 87.7 cm³/mol. The number of carbonyl (C=O) groups is 3. The fourth-order valence-corrected chi connectivity index (χ4v) is 1.79. The normalized spacial score (nSPS) is 11.9. The molecular formula is C16H21N3O5. The van der Waals surface area contributed by atoms with Crippen LogP contribution in [0.5, 0.6) is 0 Å². The van der Waals surface area contributed by atoms with Crippen molar-refractivity contribution in [3.8, 4) is 0 Å². The summed E-state index contributed by atoms with van der Waals surface area (Å²) in [5, 5.41) is 6.26. The molecule has 8 heteroatoms. The number of nitrogens with zero attached hydrogens (tertiary/aromatic N) is 1. The summed E-state index contributed by atoms with van der Waals surface area (Å²) in [4.78, 5) is 34.6. The molecular weight excluding hydrogens is 314 g/mol. The van der Waals surface area contributed by atoms with Gasteiger partial charge in [0.15, 0.2) is 0 Å². The van der Waals surface area contributed by atoms with Crippen molar-refractivity contribution in [2.24, 2.45) is 11.0 Å². The molecule has 0 bridgehead atoms. The number of amides is 2. The van der Waals surface area contributed by atoms with Crippen molar-refractivity contribution in [1.29, 1.82) is 0 Å². The van der Waals surface area contributed by atoms with Gasteiger partial charge in [0.25, 0.3) is 0 Å². The van der Waals surface area contributed by atoms with Crippen molar-refractivity contribution in [2.45, 2.75) is 19.9 Å². The van der Waals surface area contributed by atoms with E-state index < -0.39 is 24.0 Å². The van der Waals surface area contributed by atoms with Gasteiger partial charge in [-0.3, -0.25) is 0 Å². The van der Waals surface area contributed by atoms with E-state index in [1.54, 1.807) is 38.1 Å². The van der Waals surface area contributed by atoms with Crippen LogP contribution in [0.3, 0.4) is 0 Å². The van der Waals surface area contributed by atoms with Crippen LogP contribution in [0.15, 0.2) is 29.4 Å². The monoisotopic (exact) mass is 335 g/mol. The Kier molecular flexibility index (Phi) is 7.41. The van der Waals surface area contributed by atoms with E-state index in [0.717, 1.165) is 0 Å². The van der Waals surface area contributed by atoms with Gasteiger partial charge in [0.1, 0.15) is 6.04 Å². The molecule has 0 heterocycles. The van der Waals surface area contributed by atoms with Crippen LogP contribution >= 0.6 is 0 Å². The van der Waals surface area contributed by atoms with Crippen LogP contribution in [0.1, 0.15) is 29.8 Å². The third-order valence-electron chi connectivity index (χ3n) is 3.12. The molecule has 0 radical (unpaired) electrons. The van der Waals surface area contributed by atoms with Crippen LogP contribution in [-0.4, -0.2) is 44.4 Å². The molecule has 24 heavy (non-hydrogen) atoms. The zero-order valence-corrected chi connectivity index (χ0v) is 14.0. The topological polar surface area (TPSA) is 106 Å². The van der Waals surface area contributed by atoms with Gasteiger partial charge >= 0.3 is 18.0 Å². The quantitative estimate of drug-likeness (QED) is 0.463. The molecule has 0 aromatic heterocycles. The summed E-state index contributed by atoms with van der Waals surface area (Å²) in [6.07, 6.45) is 1.41. The minimum Gasteiger partial charge on any atom is -0.467 e. The zero-order chi connectivity index (χ0) is 18.1.